The number of hydrogen-bond donors (Lipinski definition) is 8. The van der Waals surface area contributed by atoms with E-state index in [4.69, 9.17) is 24.4 Å². The predicted octanol–water partition coefficient (Wildman–Crippen LogP) is -5.30. The number of hydrogen-bond acceptors (Lipinski definition) is 11. The Morgan fingerprint density at radius 2 is 1.62 bits per heavy atom. The topological polar surface area (TPSA) is 207 Å². The largest absolute Gasteiger partial charge is 0.479 e. The Morgan fingerprint density at radius 1 is 1.00 bits per heavy atom. The second-order valence-electron chi connectivity index (χ2n) is 5.60. The van der Waals surface area contributed by atoms with Crippen LogP contribution in [0.3, 0.4) is 0 Å². The molecule has 2 rings (SSSR count). The Labute approximate surface area is 135 Å². The molecule has 2 fully saturated rings. The molecule has 12 heteroatoms. The molecule has 0 amide bonds. The summed E-state index contributed by atoms with van der Waals surface area (Å²) in [4.78, 5) is 11.0. The molecule has 0 aromatic rings. The van der Waals surface area contributed by atoms with Crippen LogP contribution in [-0.4, -0.2) is 115 Å². The molecule has 1 unspecified atom stereocenters. The van der Waals surface area contributed by atoms with Crippen LogP contribution in [0.5, 0.6) is 0 Å². The van der Waals surface area contributed by atoms with E-state index in [0.29, 0.717) is 0 Å². The van der Waals surface area contributed by atoms with Crippen LogP contribution >= 0.6 is 0 Å². The molecule has 2 aliphatic rings. The molecule has 0 radical (unpaired) electrons. The molecular weight excluding hydrogens is 336 g/mol. The second kappa shape index (κ2) is 7.13. The number of aliphatic carboxylic acids is 1. The summed E-state index contributed by atoms with van der Waals surface area (Å²) in [5, 5.41) is 76.4. The molecule has 12 nitrogen and oxygen atoms in total. The molecule has 0 saturated carbocycles. The van der Waals surface area contributed by atoms with Crippen LogP contribution < -0.4 is 0 Å². The third kappa shape index (κ3) is 3.13. The minimum Gasteiger partial charge on any atom is -0.479 e. The van der Waals surface area contributed by atoms with Crippen LogP contribution in [0.4, 0.5) is 0 Å². The fraction of sp³-hybridized carbons (Fsp3) is 0.917. The Bertz CT molecular complexity index is 459. The number of rotatable bonds is 5. The molecule has 140 valence electrons. The minimum atomic E-state index is -2.34. The lowest BCUT2D eigenvalue weighted by atomic mass is 9.98. The second-order valence-corrected chi connectivity index (χ2v) is 5.60. The van der Waals surface area contributed by atoms with Crippen molar-refractivity contribution in [3.05, 3.63) is 0 Å². The van der Waals surface area contributed by atoms with Crippen molar-refractivity contribution in [2.75, 3.05) is 13.2 Å². The summed E-state index contributed by atoms with van der Waals surface area (Å²) in [6.45, 7) is -1.78. The van der Waals surface area contributed by atoms with E-state index in [9.17, 15) is 35.4 Å². The summed E-state index contributed by atoms with van der Waals surface area (Å²) in [6, 6.07) is 0. The van der Waals surface area contributed by atoms with Gasteiger partial charge in [0.1, 0.15) is 43.2 Å². The first kappa shape index (κ1) is 19.4. The first-order valence-electron chi connectivity index (χ1n) is 7.04. The van der Waals surface area contributed by atoms with Gasteiger partial charge in [-0.25, -0.2) is 4.79 Å². The van der Waals surface area contributed by atoms with E-state index >= 15 is 0 Å². The number of carbonyl (C=O) groups is 1. The van der Waals surface area contributed by atoms with Crippen molar-refractivity contribution in [3.63, 3.8) is 0 Å². The normalized spacial score (nSPS) is 49.3. The van der Waals surface area contributed by atoms with Crippen molar-refractivity contribution < 1.29 is 59.9 Å². The van der Waals surface area contributed by atoms with E-state index < -0.39 is 74.0 Å². The molecular formula is C12H20O12. The van der Waals surface area contributed by atoms with Crippen molar-refractivity contribution in [1.82, 2.24) is 0 Å². The summed E-state index contributed by atoms with van der Waals surface area (Å²) in [6.07, 6.45) is -14.6. The van der Waals surface area contributed by atoms with Crippen molar-refractivity contribution >= 4 is 5.97 Å². The molecule has 2 heterocycles. The number of aliphatic hydroxyl groups excluding tert-OH is 7. The molecule has 0 aromatic carbocycles. The van der Waals surface area contributed by atoms with Gasteiger partial charge in [-0.15, -0.1) is 0 Å². The zero-order valence-corrected chi connectivity index (χ0v) is 12.2. The maximum Gasteiger partial charge on any atom is 0.335 e. The SMILES string of the molecule is O=C(O)[C@H]1O[C@H](OC2(CO)O[C@H](CO)[C@@H](O)[C@@H]2O)[C@H](O)[C@@H](O)[C@@H]1O. The molecule has 2 aliphatic heterocycles. The van der Waals surface area contributed by atoms with Gasteiger partial charge < -0.3 is 55.1 Å². The lowest BCUT2D eigenvalue weighted by Gasteiger charge is -2.42. The summed E-state index contributed by atoms with van der Waals surface area (Å²) >= 11 is 0. The van der Waals surface area contributed by atoms with Crippen LogP contribution in [0, 0.1) is 0 Å². The van der Waals surface area contributed by atoms with Crippen LogP contribution in [0.25, 0.3) is 0 Å². The summed E-state index contributed by atoms with van der Waals surface area (Å²) in [5.74, 6) is -4.00. The molecule has 0 spiro atoms. The zero-order chi connectivity index (χ0) is 18.2. The molecule has 0 bridgehead atoms. The van der Waals surface area contributed by atoms with E-state index in [1.165, 1.54) is 0 Å². The lowest BCUT2D eigenvalue weighted by molar-refractivity contribution is -0.379. The minimum absolute atomic E-state index is 0.726. The molecule has 8 N–H and O–H groups in total. The highest BCUT2D eigenvalue weighted by molar-refractivity contribution is 5.73. The molecule has 9 atom stereocenters. The quantitative estimate of drug-likeness (QED) is 0.232. The Balaban J connectivity index is 2.22. The highest BCUT2D eigenvalue weighted by atomic mass is 16.8. The first-order chi connectivity index (χ1) is 11.2. The Morgan fingerprint density at radius 3 is 2.08 bits per heavy atom. The van der Waals surface area contributed by atoms with E-state index in [1.807, 2.05) is 0 Å². The maximum absolute atomic E-state index is 11.0. The van der Waals surface area contributed by atoms with Gasteiger partial charge >= 0.3 is 5.97 Å². The first-order valence-corrected chi connectivity index (χ1v) is 7.04. The smallest absolute Gasteiger partial charge is 0.335 e. The fourth-order valence-corrected chi connectivity index (χ4v) is 2.62. The fourth-order valence-electron chi connectivity index (χ4n) is 2.62. The van der Waals surface area contributed by atoms with Gasteiger partial charge in [-0.1, -0.05) is 0 Å². The van der Waals surface area contributed by atoms with Crippen LogP contribution in [0.1, 0.15) is 0 Å². The van der Waals surface area contributed by atoms with Gasteiger partial charge in [0.15, 0.2) is 12.4 Å². The number of ether oxygens (including phenoxy) is 3. The summed E-state index contributed by atoms with van der Waals surface area (Å²) in [5.41, 5.74) is 0. The van der Waals surface area contributed by atoms with Gasteiger partial charge in [-0.05, 0) is 0 Å². The molecule has 2 saturated heterocycles. The third-order valence-corrected chi connectivity index (χ3v) is 4.03. The lowest BCUT2D eigenvalue weighted by Crippen LogP contribution is -2.63. The number of carboxylic acids is 1. The average molecular weight is 356 g/mol. The van der Waals surface area contributed by atoms with Gasteiger partial charge in [-0.3, -0.25) is 0 Å². The predicted molar refractivity (Wildman–Crippen MR) is 69.2 cm³/mol. The van der Waals surface area contributed by atoms with Gasteiger partial charge in [-0.2, -0.15) is 0 Å². The van der Waals surface area contributed by atoms with Crippen molar-refractivity contribution in [2.45, 2.75) is 54.8 Å². The Hall–Kier alpha value is -0.930. The van der Waals surface area contributed by atoms with Crippen LogP contribution in [0.2, 0.25) is 0 Å². The average Bonchev–Trinajstić information content (AvgIpc) is 2.80. The van der Waals surface area contributed by atoms with E-state index in [0.717, 1.165) is 0 Å². The van der Waals surface area contributed by atoms with E-state index in [2.05, 4.69) is 0 Å². The van der Waals surface area contributed by atoms with Gasteiger partial charge in [0.05, 0.1) is 6.61 Å². The maximum atomic E-state index is 11.0. The highest BCUT2D eigenvalue weighted by Gasteiger charge is 2.58. The van der Waals surface area contributed by atoms with Gasteiger partial charge in [0, 0.05) is 0 Å². The van der Waals surface area contributed by atoms with Crippen molar-refractivity contribution in [3.8, 4) is 0 Å². The van der Waals surface area contributed by atoms with Crippen LogP contribution in [0.15, 0.2) is 0 Å². The van der Waals surface area contributed by atoms with Crippen molar-refractivity contribution in [1.29, 1.82) is 0 Å². The molecule has 0 aromatic heterocycles. The zero-order valence-electron chi connectivity index (χ0n) is 12.2. The standard InChI is InChI=1S/C12H20O12/c13-1-3-4(15)9(19)12(2-14,23-3)24-11-7(18)5(16)6(17)8(22-11)10(20)21/h3-9,11,13-19H,1-2H2,(H,20,21)/t3-,4-,5+,6+,7-,8+,9+,11-,12?/m1/s1. The van der Waals surface area contributed by atoms with Crippen LogP contribution in [-0.2, 0) is 19.0 Å². The summed E-state index contributed by atoms with van der Waals surface area (Å²) in [7, 11) is 0. The molecule has 0 aliphatic carbocycles. The highest BCUT2D eigenvalue weighted by Crippen LogP contribution is 2.35. The number of carboxylic acid groups (broad SMARTS) is 1. The number of aliphatic hydroxyl groups is 7. The van der Waals surface area contributed by atoms with Gasteiger partial charge in [0.25, 0.3) is 0 Å². The summed E-state index contributed by atoms with van der Waals surface area (Å²) < 4.78 is 15.0. The van der Waals surface area contributed by atoms with Gasteiger partial charge in [0.2, 0.25) is 5.79 Å². The van der Waals surface area contributed by atoms with E-state index in [1.54, 1.807) is 0 Å². The third-order valence-electron chi connectivity index (χ3n) is 4.03. The molecule has 24 heavy (non-hydrogen) atoms. The van der Waals surface area contributed by atoms with E-state index in [-0.39, 0.29) is 0 Å². The Kier molecular flexibility index (Phi) is 5.76. The monoisotopic (exact) mass is 356 g/mol. The van der Waals surface area contributed by atoms with Crippen molar-refractivity contribution in [2.24, 2.45) is 0 Å².